The molecule has 5 amide bonds. The number of hydrogen-bond donors (Lipinski definition) is 2. The van der Waals surface area contributed by atoms with Crippen LogP contribution >= 0.6 is 11.8 Å². The number of rotatable bonds is 11. The van der Waals surface area contributed by atoms with Crippen molar-refractivity contribution in [2.24, 2.45) is 0 Å². The summed E-state index contributed by atoms with van der Waals surface area (Å²) in [6.45, 7) is 1.13. The number of anilines is 1. The van der Waals surface area contributed by atoms with Gasteiger partial charge in [-0.3, -0.25) is 34.2 Å². The molecule has 2 saturated heterocycles. The van der Waals surface area contributed by atoms with Crippen LogP contribution in [0.2, 0.25) is 0 Å². The molecule has 0 saturated carbocycles. The fraction of sp³-hybridized carbons (Fsp3) is 0.300. The van der Waals surface area contributed by atoms with Gasteiger partial charge in [-0.2, -0.15) is 5.10 Å². The van der Waals surface area contributed by atoms with E-state index >= 15 is 4.39 Å². The zero-order chi connectivity index (χ0) is 38.9. The highest BCUT2D eigenvalue weighted by molar-refractivity contribution is 7.99. The van der Waals surface area contributed by atoms with E-state index in [2.05, 4.69) is 15.3 Å². The number of benzene rings is 3. The number of nitrogens with one attached hydrogen (secondary N) is 1. The Bertz CT molecular complexity index is 2360. The number of nitrogens with zero attached hydrogens (tertiary/aromatic N) is 6. The molecule has 3 aromatic carbocycles. The number of hydrogen-bond acceptors (Lipinski definition) is 11. The van der Waals surface area contributed by atoms with Crippen molar-refractivity contribution in [3.8, 4) is 22.8 Å². The Kier molecular flexibility index (Phi) is 10.2. The summed E-state index contributed by atoms with van der Waals surface area (Å²) in [4.78, 5) is 75.0. The standard InChI is InChI=1S/C40H37FN8O6S/c41-29-21-27(20-28-33(29)40(54)48(39(28)53)30-13-14-31(50)45-38(30)52)56-19-5-4-8-32(51)47-17-15-24(16-18-47)49-37-34(36(42)43-22-44-37)35(46-49)23-9-11-26(12-10-23)55-25-6-2-1-3-7-25/h1-3,6-7,9-12,20-22,24,30H,4-5,8,13-19H2,(H2,42,43,44)(H,45,50,52). The third kappa shape index (κ3) is 7.19. The summed E-state index contributed by atoms with van der Waals surface area (Å²) in [6.07, 6.45) is 4.45. The lowest BCUT2D eigenvalue weighted by Crippen LogP contribution is -2.54. The quantitative estimate of drug-likeness (QED) is 0.0977. The van der Waals surface area contributed by atoms with E-state index in [1.165, 1.54) is 30.2 Å². The zero-order valence-corrected chi connectivity index (χ0v) is 31.0. The SMILES string of the molecule is Nc1ncnc2c1c(-c1ccc(Oc3ccccc3)cc1)nn2C1CCN(C(=O)CCCCSc2cc(F)c3c(c2)C(=O)N(C2CCC(=O)NC2=O)C3=O)CC1. The van der Waals surface area contributed by atoms with Crippen molar-refractivity contribution in [2.45, 2.75) is 61.9 Å². The Labute approximate surface area is 324 Å². The average molecular weight is 777 g/mol. The van der Waals surface area contributed by atoms with Crippen molar-refractivity contribution in [3.05, 3.63) is 90.0 Å². The van der Waals surface area contributed by atoms with Crippen LogP contribution in [0, 0.1) is 5.82 Å². The molecule has 14 nitrogen and oxygen atoms in total. The first-order chi connectivity index (χ1) is 27.2. The van der Waals surface area contributed by atoms with Crippen molar-refractivity contribution in [3.63, 3.8) is 0 Å². The van der Waals surface area contributed by atoms with Crippen LogP contribution in [0.4, 0.5) is 10.2 Å². The lowest BCUT2D eigenvalue weighted by Gasteiger charge is -2.32. The lowest BCUT2D eigenvalue weighted by atomic mass is 10.0. The van der Waals surface area contributed by atoms with Crippen LogP contribution in [0.25, 0.3) is 22.3 Å². The van der Waals surface area contributed by atoms with Gasteiger partial charge in [0.05, 0.1) is 22.6 Å². The summed E-state index contributed by atoms with van der Waals surface area (Å²) in [5, 5.41) is 7.80. The first-order valence-electron chi connectivity index (χ1n) is 18.4. The number of nitrogen functional groups attached to an aromatic ring is 1. The topological polar surface area (TPSA) is 183 Å². The van der Waals surface area contributed by atoms with Gasteiger partial charge in [0.2, 0.25) is 17.7 Å². The number of halogens is 1. The van der Waals surface area contributed by atoms with Gasteiger partial charge >= 0.3 is 0 Å². The molecule has 1 atom stereocenters. The van der Waals surface area contributed by atoms with Crippen LogP contribution in [0.15, 0.2) is 78.0 Å². The summed E-state index contributed by atoms with van der Waals surface area (Å²) >= 11 is 1.32. The number of likely N-dealkylation sites (tertiary alicyclic amines) is 1. The van der Waals surface area contributed by atoms with E-state index in [1.54, 1.807) is 0 Å². The van der Waals surface area contributed by atoms with Gasteiger partial charge in [0.25, 0.3) is 11.8 Å². The van der Waals surface area contributed by atoms with Gasteiger partial charge in [-0.25, -0.2) is 19.0 Å². The number of nitrogens with two attached hydrogens (primary N) is 1. The molecule has 3 aliphatic heterocycles. The first-order valence-corrected chi connectivity index (χ1v) is 19.4. The number of unbranched alkanes of at least 4 members (excludes halogenated alkanes) is 1. The van der Waals surface area contributed by atoms with Gasteiger partial charge in [0, 0.05) is 36.4 Å². The minimum Gasteiger partial charge on any atom is -0.457 e. The number of carbonyl (C=O) groups is 5. The fourth-order valence-electron chi connectivity index (χ4n) is 7.45. The normalized spacial score (nSPS) is 17.4. The highest BCUT2D eigenvalue weighted by Gasteiger charge is 2.46. The second kappa shape index (κ2) is 15.5. The minimum atomic E-state index is -1.16. The van der Waals surface area contributed by atoms with Crippen LogP contribution in [0.3, 0.4) is 0 Å². The van der Waals surface area contributed by atoms with E-state index in [0.717, 1.165) is 16.2 Å². The Hall–Kier alpha value is -6.16. The molecule has 0 radical (unpaired) electrons. The molecule has 3 N–H and O–H groups in total. The molecule has 56 heavy (non-hydrogen) atoms. The predicted molar refractivity (Wildman–Crippen MR) is 204 cm³/mol. The van der Waals surface area contributed by atoms with Crippen molar-refractivity contribution in [2.75, 3.05) is 24.6 Å². The summed E-state index contributed by atoms with van der Waals surface area (Å²) in [6, 6.07) is 18.7. The molecule has 286 valence electrons. The van der Waals surface area contributed by atoms with Gasteiger partial charge in [-0.05, 0) is 86.4 Å². The highest BCUT2D eigenvalue weighted by atomic mass is 32.2. The molecule has 1 unspecified atom stereocenters. The molecular weight excluding hydrogens is 740 g/mol. The smallest absolute Gasteiger partial charge is 0.265 e. The minimum absolute atomic E-state index is 0.00711. The number of fused-ring (bicyclic) bond motifs is 2. The zero-order valence-electron chi connectivity index (χ0n) is 30.2. The maximum Gasteiger partial charge on any atom is 0.265 e. The predicted octanol–water partition coefficient (Wildman–Crippen LogP) is 5.53. The second-order valence-electron chi connectivity index (χ2n) is 13.9. The number of imide groups is 2. The molecule has 0 aliphatic carbocycles. The third-order valence-corrected chi connectivity index (χ3v) is 11.4. The summed E-state index contributed by atoms with van der Waals surface area (Å²) in [5.74, 6) is -1.31. The number of aromatic nitrogens is 4. The average Bonchev–Trinajstić information content (AvgIpc) is 3.71. The Morgan fingerprint density at radius 2 is 1.68 bits per heavy atom. The van der Waals surface area contributed by atoms with E-state index in [1.807, 2.05) is 64.2 Å². The van der Waals surface area contributed by atoms with Gasteiger partial charge < -0.3 is 15.4 Å². The van der Waals surface area contributed by atoms with Crippen molar-refractivity contribution >= 4 is 58.1 Å². The first kappa shape index (κ1) is 36.8. The van der Waals surface area contributed by atoms with Crippen LogP contribution in [0.1, 0.15) is 71.7 Å². The molecule has 5 heterocycles. The van der Waals surface area contributed by atoms with E-state index < -0.39 is 35.5 Å². The van der Waals surface area contributed by atoms with Gasteiger partial charge in [0.15, 0.2) is 5.65 Å². The number of piperidine rings is 2. The van der Waals surface area contributed by atoms with Crippen molar-refractivity contribution in [1.29, 1.82) is 0 Å². The summed E-state index contributed by atoms with van der Waals surface area (Å²) in [7, 11) is 0. The van der Waals surface area contributed by atoms with Gasteiger partial charge in [-0.1, -0.05) is 18.2 Å². The van der Waals surface area contributed by atoms with E-state index in [4.69, 9.17) is 15.6 Å². The Morgan fingerprint density at radius 1 is 0.929 bits per heavy atom. The monoisotopic (exact) mass is 776 g/mol. The van der Waals surface area contributed by atoms with E-state index in [0.29, 0.717) is 84.1 Å². The van der Waals surface area contributed by atoms with Crippen LogP contribution in [0.5, 0.6) is 11.5 Å². The molecule has 2 fully saturated rings. The third-order valence-electron chi connectivity index (χ3n) is 10.3. The number of carbonyl (C=O) groups excluding carboxylic acids is 5. The largest absolute Gasteiger partial charge is 0.457 e. The Balaban J connectivity index is 0.836. The molecule has 5 aromatic rings. The van der Waals surface area contributed by atoms with Crippen molar-refractivity contribution < 1.29 is 33.1 Å². The molecule has 2 aromatic heterocycles. The molecular formula is C40H37FN8O6S. The molecule has 3 aliphatic rings. The second-order valence-corrected chi connectivity index (χ2v) is 15.1. The molecule has 0 bridgehead atoms. The number of thioether (sulfide) groups is 1. The van der Waals surface area contributed by atoms with E-state index in [9.17, 15) is 24.0 Å². The van der Waals surface area contributed by atoms with Crippen LogP contribution < -0.4 is 15.8 Å². The Morgan fingerprint density at radius 3 is 2.43 bits per heavy atom. The fourth-order valence-corrected chi connectivity index (χ4v) is 8.42. The van der Waals surface area contributed by atoms with Crippen LogP contribution in [-0.4, -0.2) is 84.0 Å². The maximum atomic E-state index is 15.1. The summed E-state index contributed by atoms with van der Waals surface area (Å²) < 4.78 is 23.0. The van der Waals surface area contributed by atoms with E-state index in [-0.39, 0.29) is 35.9 Å². The number of amides is 5. The van der Waals surface area contributed by atoms with Gasteiger partial charge in [-0.15, -0.1) is 11.8 Å². The molecule has 0 spiro atoms. The molecule has 8 rings (SSSR count). The van der Waals surface area contributed by atoms with Gasteiger partial charge in [0.1, 0.15) is 41.2 Å². The number of ether oxygens (including phenoxy) is 1. The van der Waals surface area contributed by atoms with Crippen LogP contribution in [-0.2, 0) is 14.4 Å². The molecule has 16 heteroatoms. The van der Waals surface area contributed by atoms with Crippen molar-refractivity contribution in [1.82, 2.24) is 34.9 Å². The maximum absolute atomic E-state index is 15.1. The number of para-hydroxylation sites is 1. The summed E-state index contributed by atoms with van der Waals surface area (Å²) in [5.41, 5.74) is 8.07. The highest BCUT2D eigenvalue weighted by Crippen LogP contribution is 2.36. The lowest BCUT2D eigenvalue weighted by molar-refractivity contribution is -0.136.